The van der Waals surface area contributed by atoms with Crippen molar-refractivity contribution in [2.45, 2.75) is 38.8 Å². The first-order chi connectivity index (χ1) is 8.58. The lowest BCUT2D eigenvalue weighted by Crippen LogP contribution is -2.37. The van der Waals surface area contributed by atoms with Crippen molar-refractivity contribution < 1.29 is 4.79 Å². The molecule has 1 aliphatic heterocycles. The third-order valence-electron chi connectivity index (χ3n) is 3.28. The Labute approximate surface area is 113 Å². The van der Waals surface area contributed by atoms with E-state index < -0.39 is 0 Å². The number of nitrogens with zero attached hydrogens (tertiary/aromatic N) is 1. The summed E-state index contributed by atoms with van der Waals surface area (Å²) in [5.74, 6) is -0.0516. The van der Waals surface area contributed by atoms with Gasteiger partial charge in [-0.15, -0.1) is 0 Å². The first-order valence-corrected chi connectivity index (χ1v) is 6.84. The van der Waals surface area contributed by atoms with Crippen LogP contribution in [0.25, 0.3) is 0 Å². The number of carbonyl (C=O) groups excluding carboxylic acids is 1. The summed E-state index contributed by atoms with van der Waals surface area (Å²) in [5.41, 5.74) is 0.632. The standard InChI is InChI=1S/C13H20ClN3O/c1-9(2)17-8-10(14)6-12(17)13(18)16-7-11-4-3-5-15-11/h6,8-9,11,15H,3-5,7H2,1-2H3,(H,16,18). The van der Waals surface area contributed by atoms with Crippen molar-refractivity contribution in [3.63, 3.8) is 0 Å². The molecule has 1 saturated heterocycles. The summed E-state index contributed by atoms with van der Waals surface area (Å²) in [6.07, 6.45) is 4.12. The van der Waals surface area contributed by atoms with Crippen LogP contribution in [-0.4, -0.2) is 29.6 Å². The summed E-state index contributed by atoms with van der Waals surface area (Å²) in [7, 11) is 0. The summed E-state index contributed by atoms with van der Waals surface area (Å²) < 4.78 is 1.90. The number of halogens is 1. The van der Waals surface area contributed by atoms with Crippen LogP contribution in [0.3, 0.4) is 0 Å². The van der Waals surface area contributed by atoms with Crippen LogP contribution >= 0.6 is 11.6 Å². The van der Waals surface area contributed by atoms with Gasteiger partial charge in [-0.3, -0.25) is 4.79 Å². The minimum absolute atomic E-state index is 0.0516. The molecule has 0 aliphatic carbocycles. The Hall–Kier alpha value is -1.00. The van der Waals surface area contributed by atoms with Crippen molar-refractivity contribution in [3.8, 4) is 0 Å². The molecule has 0 radical (unpaired) electrons. The van der Waals surface area contributed by atoms with Gasteiger partial charge in [-0.25, -0.2) is 0 Å². The normalized spacial score (nSPS) is 19.4. The van der Waals surface area contributed by atoms with Gasteiger partial charge in [-0.1, -0.05) is 11.6 Å². The molecule has 18 heavy (non-hydrogen) atoms. The maximum absolute atomic E-state index is 12.1. The molecule has 0 bridgehead atoms. The molecular weight excluding hydrogens is 250 g/mol. The lowest BCUT2D eigenvalue weighted by atomic mass is 10.2. The minimum atomic E-state index is -0.0516. The SMILES string of the molecule is CC(C)n1cc(Cl)cc1C(=O)NCC1CCCN1. The summed E-state index contributed by atoms with van der Waals surface area (Å²) in [4.78, 5) is 12.1. The van der Waals surface area contributed by atoms with Gasteiger partial charge in [0.2, 0.25) is 0 Å². The van der Waals surface area contributed by atoms with Crippen molar-refractivity contribution >= 4 is 17.5 Å². The van der Waals surface area contributed by atoms with E-state index in [1.807, 2.05) is 18.4 Å². The molecule has 0 aromatic carbocycles. The second kappa shape index (κ2) is 5.76. The fraction of sp³-hybridized carbons (Fsp3) is 0.615. The van der Waals surface area contributed by atoms with E-state index >= 15 is 0 Å². The smallest absolute Gasteiger partial charge is 0.268 e. The number of hydrogen-bond acceptors (Lipinski definition) is 2. The molecule has 1 amide bonds. The first-order valence-electron chi connectivity index (χ1n) is 6.47. The Morgan fingerprint density at radius 1 is 1.67 bits per heavy atom. The zero-order chi connectivity index (χ0) is 13.1. The molecule has 100 valence electrons. The highest BCUT2D eigenvalue weighted by Gasteiger charge is 2.18. The number of hydrogen-bond donors (Lipinski definition) is 2. The lowest BCUT2D eigenvalue weighted by molar-refractivity contribution is 0.0939. The molecule has 1 aliphatic rings. The van der Waals surface area contributed by atoms with Crippen molar-refractivity contribution in [2.75, 3.05) is 13.1 Å². The highest BCUT2D eigenvalue weighted by atomic mass is 35.5. The van der Waals surface area contributed by atoms with Gasteiger partial charge >= 0.3 is 0 Å². The van der Waals surface area contributed by atoms with Gasteiger partial charge in [-0.05, 0) is 39.3 Å². The van der Waals surface area contributed by atoms with E-state index in [1.54, 1.807) is 12.3 Å². The largest absolute Gasteiger partial charge is 0.349 e. The van der Waals surface area contributed by atoms with Crippen LogP contribution in [0.4, 0.5) is 0 Å². The Balaban J connectivity index is 1.99. The van der Waals surface area contributed by atoms with Gasteiger partial charge in [-0.2, -0.15) is 0 Å². The third-order valence-corrected chi connectivity index (χ3v) is 3.48. The van der Waals surface area contributed by atoms with E-state index in [-0.39, 0.29) is 11.9 Å². The second-order valence-electron chi connectivity index (χ2n) is 5.05. The highest BCUT2D eigenvalue weighted by molar-refractivity contribution is 6.31. The van der Waals surface area contributed by atoms with Crippen molar-refractivity contribution in [1.82, 2.24) is 15.2 Å². The van der Waals surface area contributed by atoms with E-state index in [1.165, 1.54) is 6.42 Å². The molecule has 4 nitrogen and oxygen atoms in total. The third kappa shape index (κ3) is 3.06. The van der Waals surface area contributed by atoms with Gasteiger partial charge in [0.1, 0.15) is 5.69 Å². The molecule has 0 saturated carbocycles. The second-order valence-corrected chi connectivity index (χ2v) is 5.48. The van der Waals surface area contributed by atoms with Crippen LogP contribution in [-0.2, 0) is 0 Å². The van der Waals surface area contributed by atoms with Crippen molar-refractivity contribution in [1.29, 1.82) is 0 Å². The summed E-state index contributed by atoms with van der Waals surface area (Å²) in [5, 5.41) is 6.93. The molecule has 1 aromatic rings. The predicted octanol–water partition coefficient (Wildman–Crippen LogP) is 2.20. The van der Waals surface area contributed by atoms with Gasteiger partial charge in [0.25, 0.3) is 5.91 Å². The number of rotatable bonds is 4. The van der Waals surface area contributed by atoms with Crippen LogP contribution in [0.15, 0.2) is 12.3 Å². The first kappa shape index (κ1) is 13.4. The van der Waals surface area contributed by atoms with Crippen LogP contribution in [0, 0.1) is 0 Å². The monoisotopic (exact) mass is 269 g/mol. The molecule has 1 atom stereocenters. The van der Waals surface area contributed by atoms with Crippen LogP contribution in [0.5, 0.6) is 0 Å². The topological polar surface area (TPSA) is 46.1 Å². The molecule has 5 heteroatoms. The zero-order valence-corrected chi connectivity index (χ0v) is 11.6. The Bertz CT molecular complexity index is 422. The number of aromatic nitrogens is 1. The van der Waals surface area contributed by atoms with Gasteiger partial charge in [0.05, 0.1) is 5.02 Å². The molecule has 1 unspecified atom stereocenters. The fourth-order valence-electron chi connectivity index (χ4n) is 2.29. The highest BCUT2D eigenvalue weighted by Crippen LogP contribution is 2.18. The molecule has 1 aromatic heterocycles. The molecule has 0 spiro atoms. The maximum atomic E-state index is 12.1. The summed E-state index contributed by atoms with van der Waals surface area (Å²) >= 11 is 5.97. The number of carbonyl (C=O) groups is 1. The molecule has 1 fully saturated rings. The van der Waals surface area contributed by atoms with Crippen LogP contribution in [0.2, 0.25) is 5.02 Å². The van der Waals surface area contributed by atoms with Crippen molar-refractivity contribution in [3.05, 3.63) is 23.0 Å². The molecule has 2 N–H and O–H groups in total. The Kier molecular flexibility index (Phi) is 4.30. The molecule has 2 rings (SSSR count). The van der Waals surface area contributed by atoms with E-state index in [9.17, 15) is 4.79 Å². The summed E-state index contributed by atoms with van der Waals surface area (Å²) in [6.45, 7) is 5.80. The predicted molar refractivity (Wildman–Crippen MR) is 73.2 cm³/mol. The lowest BCUT2D eigenvalue weighted by Gasteiger charge is -2.14. The minimum Gasteiger partial charge on any atom is -0.349 e. The van der Waals surface area contributed by atoms with E-state index in [0.29, 0.717) is 23.3 Å². The van der Waals surface area contributed by atoms with Gasteiger partial charge < -0.3 is 15.2 Å². The average molecular weight is 270 g/mol. The van der Waals surface area contributed by atoms with E-state index in [2.05, 4.69) is 10.6 Å². The Morgan fingerprint density at radius 2 is 2.44 bits per heavy atom. The quantitative estimate of drug-likeness (QED) is 0.880. The van der Waals surface area contributed by atoms with Gasteiger partial charge in [0.15, 0.2) is 0 Å². The maximum Gasteiger partial charge on any atom is 0.268 e. The zero-order valence-electron chi connectivity index (χ0n) is 10.9. The number of nitrogens with one attached hydrogen (secondary N) is 2. The molecular formula is C13H20ClN3O. The van der Waals surface area contributed by atoms with E-state index in [4.69, 9.17) is 11.6 Å². The molecule has 2 heterocycles. The number of amides is 1. The van der Waals surface area contributed by atoms with E-state index in [0.717, 1.165) is 13.0 Å². The Morgan fingerprint density at radius 3 is 3.06 bits per heavy atom. The van der Waals surface area contributed by atoms with Crippen LogP contribution in [0.1, 0.15) is 43.2 Å². The fourth-order valence-corrected chi connectivity index (χ4v) is 2.50. The van der Waals surface area contributed by atoms with Gasteiger partial charge in [0, 0.05) is 24.8 Å². The van der Waals surface area contributed by atoms with Crippen LogP contribution < -0.4 is 10.6 Å². The van der Waals surface area contributed by atoms with Crippen molar-refractivity contribution in [2.24, 2.45) is 0 Å². The summed E-state index contributed by atoms with van der Waals surface area (Å²) in [6, 6.07) is 2.36. The average Bonchev–Trinajstić information content (AvgIpc) is 2.94.